The monoisotopic (exact) mass is 336 g/mol. The molecule has 20 heavy (non-hydrogen) atoms. The zero-order chi connectivity index (χ0) is 14.5. The molecule has 1 atom stereocenters. The van der Waals surface area contributed by atoms with E-state index in [0.29, 0.717) is 12.4 Å². The smallest absolute Gasteiger partial charge is 0.125 e. The first kappa shape index (κ1) is 14.9. The van der Waals surface area contributed by atoms with Crippen LogP contribution in [0.4, 0.5) is 0 Å². The van der Waals surface area contributed by atoms with Crippen molar-refractivity contribution in [2.45, 2.75) is 13.0 Å². The molecule has 0 bridgehead atoms. The summed E-state index contributed by atoms with van der Waals surface area (Å²) in [6.45, 7) is 2.48. The lowest BCUT2D eigenvalue weighted by molar-refractivity contribution is 0.211. The molecule has 106 valence electrons. The fraction of sp³-hybridized carbons (Fsp3) is 0.250. The van der Waals surface area contributed by atoms with E-state index in [-0.39, 0.29) is 0 Å². The molecule has 2 aromatic rings. The average Bonchev–Trinajstić information content (AvgIpc) is 2.48. The first-order chi connectivity index (χ1) is 9.65. The number of rotatable bonds is 5. The molecule has 1 unspecified atom stereocenters. The third kappa shape index (κ3) is 3.32. The third-order valence-electron chi connectivity index (χ3n) is 2.98. The Balaban J connectivity index is 2.40. The van der Waals surface area contributed by atoms with E-state index in [2.05, 4.69) is 15.9 Å². The predicted molar refractivity (Wildman–Crippen MR) is 82.4 cm³/mol. The fourth-order valence-electron chi connectivity index (χ4n) is 2.01. The van der Waals surface area contributed by atoms with Gasteiger partial charge in [-0.25, -0.2) is 0 Å². The van der Waals surface area contributed by atoms with Gasteiger partial charge < -0.3 is 14.6 Å². The van der Waals surface area contributed by atoms with Crippen LogP contribution in [0, 0.1) is 0 Å². The number of benzene rings is 2. The van der Waals surface area contributed by atoms with Crippen molar-refractivity contribution in [2.75, 3.05) is 13.7 Å². The van der Waals surface area contributed by atoms with Gasteiger partial charge in [-0.2, -0.15) is 0 Å². The molecule has 1 N–H and O–H groups in total. The Labute approximate surface area is 127 Å². The minimum atomic E-state index is -0.760. The molecular weight excluding hydrogens is 320 g/mol. The molecular formula is C16H17BrO3. The van der Waals surface area contributed by atoms with Gasteiger partial charge in [0.2, 0.25) is 0 Å². The maximum atomic E-state index is 10.6. The molecule has 0 heterocycles. The molecule has 2 aromatic carbocycles. The van der Waals surface area contributed by atoms with Gasteiger partial charge in [-0.3, -0.25) is 0 Å². The summed E-state index contributed by atoms with van der Waals surface area (Å²) in [5.74, 6) is 1.40. The van der Waals surface area contributed by atoms with Crippen molar-refractivity contribution in [2.24, 2.45) is 0 Å². The van der Waals surface area contributed by atoms with Crippen LogP contribution in [0.5, 0.6) is 11.5 Å². The Kier molecular flexibility index (Phi) is 5.04. The zero-order valence-corrected chi connectivity index (χ0v) is 13.1. The molecule has 0 aliphatic carbocycles. The van der Waals surface area contributed by atoms with Gasteiger partial charge in [0.05, 0.1) is 13.7 Å². The Hall–Kier alpha value is -1.52. The molecule has 2 rings (SSSR count). The summed E-state index contributed by atoms with van der Waals surface area (Å²) in [4.78, 5) is 0. The van der Waals surface area contributed by atoms with Crippen LogP contribution in [0.15, 0.2) is 46.9 Å². The molecule has 0 aliphatic heterocycles. The average molecular weight is 337 g/mol. The minimum Gasteiger partial charge on any atom is -0.497 e. The van der Waals surface area contributed by atoms with Crippen molar-refractivity contribution >= 4 is 15.9 Å². The number of aliphatic hydroxyl groups excluding tert-OH is 1. The van der Waals surface area contributed by atoms with Gasteiger partial charge in [-0.05, 0) is 42.8 Å². The van der Waals surface area contributed by atoms with Gasteiger partial charge in [0.25, 0.3) is 0 Å². The van der Waals surface area contributed by atoms with Crippen molar-refractivity contribution in [3.05, 3.63) is 58.1 Å². The highest BCUT2D eigenvalue weighted by molar-refractivity contribution is 9.10. The van der Waals surface area contributed by atoms with Crippen LogP contribution >= 0.6 is 15.9 Å². The van der Waals surface area contributed by atoms with Crippen LogP contribution in [-0.2, 0) is 0 Å². The second-order valence-corrected chi connectivity index (χ2v) is 5.21. The molecule has 3 nitrogen and oxygen atoms in total. The summed E-state index contributed by atoms with van der Waals surface area (Å²) in [6.07, 6.45) is -0.760. The lowest BCUT2D eigenvalue weighted by Gasteiger charge is -2.17. The predicted octanol–water partition coefficient (Wildman–Crippen LogP) is 3.94. The van der Waals surface area contributed by atoms with Crippen LogP contribution in [-0.4, -0.2) is 18.8 Å². The Bertz CT molecular complexity index is 584. The van der Waals surface area contributed by atoms with E-state index in [0.717, 1.165) is 21.3 Å². The number of hydrogen-bond acceptors (Lipinski definition) is 3. The SMILES string of the molecule is CCOc1ccc(Br)cc1C(O)c1cccc(OC)c1. The van der Waals surface area contributed by atoms with Crippen molar-refractivity contribution in [3.63, 3.8) is 0 Å². The number of halogens is 1. The summed E-state index contributed by atoms with van der Waals surface area (Å²) in [6, 6.07) is 13.0. The van der Waals surface area contributed by atoms with Crippen molar-refractivity contribution in [3.8, 4) is 11.5 Å². The zero-order valence-electron chi connectivity index (χ0n) is 11.5. The molecule has 4 heteroatoms. The fourth-order valence-corrected chi connectivity index (χ4v) is 2.39. The molecule has 0 saturated heterocycles. The van der Waals surface area contributed by atoms with E-state index in [4.69, 9.17) is 9.47 Å². The Morgan fingerprint density at radius 1 is 1.20 bits per heavy atom. The minimum absolute atomic E-state index is 0.555. The maximum Gasteiger partial charge on any atom is 0.125 e. The molecule has 0 amide bonds. The van der Waals surface area contributed by atoms with Crippen molar-refractivity contribution in [1.82, 2.24) is 0 Å². The van der Waals surface area contributed by atoms with E-state index >= 15 is 0 Å². The molecule has 0 aliphatic rings. The first-order valence-corrected chi connectivity index (χ1v) is 7.19. The second-order valence-electron chi connectivity index (χ2n) is 4.29. The highest BCUT2D eigenvalue weighted by Crippen LogP contribution is 2.33. The molecule has 0 saturated carbocycles. The van der Waals surface area contributed by atoms with Crippen LogP contribution in [0.1, 0.15) is 24.2 Å². The van der Waals surface area contributed by atoms with E-state index in [1.54, 1.807) is 7.11 Å². The summed E-state index contributed by atoms with van der Waals surface area (Å²) in [7, 11) is 1.61. The van der Waals surface area contributed by atoms with Crippen LogP contribution in [0.25, 0.3) is 0 Å². The van der Waals surface area contributed by atoms with E-state index in [9.17, 15) is 5.11 Å². The number of ether oxygens (including phenoxy) is 2. The highest BCUT2D eigenvalue weighted by atomic mass is 79.9. The van der Waals surface area contributed by atoms with Gasteiger partial charge in [-0.1, -0.05) is 28.1 Å². The van der Waals surface area contributed by atoms with Crippen LogP contribution < -0.4 is 9.47 Å². The van der Waals surface area contributed by atoms with Gasteiger partial charge in [0.1, 0.15) is 17.6 Å². The lowest BCUT2D eigenvalue weighted by atomic mass is 10.0. The first-order valence-electron chi connectivity index (χ1n) is 6.40. The maximum absolute atomic E-state index is 10.6. The van der Waals surface area contributed by atoms with Crippen molar-refractivity contribution in [1.29, 1.82) is 0 Å². The van der Waals surface area contributed by atoms with Gasteiger partial charge in [-0.15, -0.1) is 0 Å². The Morgan fingerprint density at radius 2 is 2.00 bits per heavy atom. The topological polar surface area (TPSA) is 38.7 Å². The van der Waals surface area contributed by atoms with Crippen LogP contribution in [0.2, 0.25) is 0 Å². The molecule has 0 fully saturated rings. The summed E-state index contributed by atoms with van der Waals surface area (Å²) in [5.41, 5.74) is 1.50. The normalized spacial score (nSPS) is 12.0. The Morgan fingerprint density at radius 3 is 2.70 bits per heavy atom. The highest BCUT2D eigenvalue weighted by Gasteiger charge is 2.16. The third-order valence-corrected chi connectivity index (χ3v) is 3.47. The van der Waals surface area contributed by atoms with E-state index < -0.39 is 6.10 Å². The second kappa shape index (κ2) is 6.77. The molecule has 0 spiro atoms. The largest absolute Gasteiger partial charge is 0.497 e. The molecule has 0 radical (unpaired) electrons. The number of hydrogen-bond donors (Lipinski definition) is 1. The summed E-state index contributed by atoms with van der Waals surface area (Å²) < 4.78 is 11.7. The van der Waals surface area contributed by atoms with Gasteiger partial charge in [0, 0.05) is 10.0 Å². The van der Waals surface area contributed by atoms with Gasteiger partial charge in [0.15, 0.2) is 0 Å². The van der Waals surface area contributed by atoms with E-state index in [1.807, 2.05) is 49.4 Å². The summed E-state index contributed by atoms with van der Waals surface area (Å²) >= 11 is 3.43. The van der Waals surface area contributed by atoms with Crippen LogP contribution in [0.3, 0.4) is 0 Å². The van der Waals surface area contributed by atoms with Crippen molar-refractivity contribution < 1.29 is 14.6 Å². The number of aliphatic hydroxyl groups is 1. The lowest BCUT2D eigenvalue weighted by Crippen LogP contribution is -2.04. The summed E-state index contributed by atoms with van der Waals surface area (Å²) in [5, 5.41) is 10.6. The molecule has 0 aromatic heterocycles. The van der Waals surface area contributed by atoms with E-state index in [1.165, 1.54) is 0 Å². The van der Waals surface area contributed by atoms with Gasteiger partial charge >= 0.3 is 0 Å². The standard InChI is InChI=1S/C16H17BrO3/c1-3-20-15-8-7-12(17)10-14(15)16(18)11-5-4-6-13(9-11)19-2/h4-10,16,18H,3H2,1-2H3. The number of methoxy groups -OCH3 is 1. The quantitative estimate of drug-likeness (QED) is 0.898.